The maximum absolute atomic E-state index is 14.3. The van der Waals surface area contributed by atoms with Crippen LogP contribution >= 0.6 is 23.5 Å². The Hall–Kier alpha value is -5.94. The van der Waals surface area contributed by atoms with Crippen LogP contribution in [0.2, 0.25) is 0 Å². The summed E-state index contributed by atoms with van der Waals surface area (Å²) in [5, 5.41) is 41.7. The lowest BCUT2D eigenvalue weighted by molar-refractivity contribution is -0.256. The van der Waals surface area contributed by atoms with Crippen molar-refractivity contribution in [3.05, 3.63) is 105 Å². The Morgan fingerprint density at radius 3 is 2.31 bits per heavy atom. The van der Waals surface area contributed by atoms with E-state index < -0.39 is 102 Å². The molecule has 0 spiro atoms. The van der Waals surface area contributed by atoms with Crippen molar-refractivity contribution in [3.63, 3.8) is 0 Å². The Bertz CT molecular complexity index is 2930. The summed E-state index contributed by atoms with van der Waals surface area (Å²) in [5.74, 6) is -2.38. The smallest absolute Gasteiger partial charge is 0.275 e. The van der Waals surface area contributed by atoms with Gasteiger partial charge < -0.3 is 68.6 Å². The van der Waals surface area contributed by atoms with Crippen molar-refractivity contribution in [1.82, 2.24) is 20.7 Å². The molecule has 0 saturated carbocycles. The van der Waals surface area contributed by atoms with E-state index in [1.165, 1.54) is 32.4 Å². The van der Waals surface area contributed by atoms with Crippen LogP contribution in [0.4, 0.5) is 5.69 Å². The Balaban J connectivity index is 0.764. The van der Waals surface area contributed by atoms with Crippen LogP contribution in [0.5, 0.6) is 23.0 Å². The minimum atomic E-state index is -2.39. The summed E-state index contributed by atoms with van der Waals surface area (Å²) in [6.45, 7) is 3.73. The first kappa shape index (κ1) is 59.7. The molecule has 5 aliphatic rings. The highest BCUT2D eigenvalue weighted by Crippen LogP contribution is 2.53. The minimum absolute atomic E-state index is 0.0420. The van der Waals surface area contributed by atoms with E-state index in [0.717, 1.165) is 28.6 Å². The summed E-state index contributed by atoms with van der Waals surface area (Å²) in [6.07, 6.45) is -1.32. The average molecular weight is 1160 g/mol. The molecule has 23 nitrogen and oxygen atoms in total. The number of hydroxylamine groups is 1. The number of ether oxygens (including phenoxy) is 9. The lowest BCUT2D eigenvalue weighted by atomic mass is 9.72. The molecule has 4 heterocycles. The number of phenolic OH excluding ortho intramolecular Hbond substituents is 2. The summed E-state index contributed by atoms with van der Waals surface area (Å²) in [7, 11) is 2.86. The van der Waals surface area contributed by atoms with E-state index in [-0.39, 0.29) is 79.2 Å². The first-order chi connectivity index (χ1) is 39.1. The maximum Gasteiger partial charge on any atom is 0.275 e. The second-order valence-corrected chi connectivity index (χ2v) is 21.6. The second-order valence-electron chi connectivity index (χ2n) is 19.9. The molecule has 2 aliphatic carbocycles. The molecule has 6 N–H and O–H groups in total. The number of amides is 3. The number of anilines is 1. The number of aromatic nitrogens is 1. The Morgan fingerprint density at radius 2 is 1.59 bits per heavy atom. The molecule has 81 heavy (non-hydrogen) atoms. The van der Waals surface area contributed by atoms with E-state index >= 15 is 0 Å². The molecule has 1 aromatic heterocycles. The molecule has 3 saturated heterocycles. The topological polar surface area (TPSA) is 291 Å². The molecule has 0 radical (unpaired) electrons. The van der Waals surface area contributed by atoms with Crippen LogP contribution < -0.4 is 25.6 Å². The summed E-state index contributed by atoms with van der Waals surface area (Å²) in [5.41, 5.74) is 1.38. The third kappa shape index (κ3) is 13.5. The van der Waals surface area contributed by atoms with Gasteiger partial charge in [0.25, 0.3) is 5.91 Å². The number of nitrogens with one attached hydrogen (secondary N) is 3. The Morgan fingerprint density at radius 1 is 0.877 bits per heavy atom. The van der Waals surface area contributed by atoms with Gasteiger partial charge in [-0.15, -0.1) is 0 Å². The zero-order chi connectivity index (χ0) is 57.4. The second kappa shape index (κ2) is 27.0. The zero-order valence-corrected chi connectivity index (χ0v) is 47.2. The largest absolute Gasteiger partial charge is 0.507 e. The molecule has 3 aliphatic heterocycles. The number of benzene rings is 3. The molecule has 436 valence electrons. The highest BCUT2D eigenvalue weighted by molar-refractivity contribution is 7.98. The van der Waals surface area contributed by atoms with Crippen LogP contribution in [0.15, 0.2) is 54.6 Å². The predicted octanol–water partition coefficient (Wildman–Crippen LogP) is 4.08. The van der Waals surface area contributed by atoms with Crippen molar-refractivity contribution in [2.24, 2.45) is 0 Å². The number of phenols is 2. The standard InChI is InChI=1S/C56H67N5O18S2/c1-30-52-38(61-14-16-75-54(71-3)53(61)79-52)23-43(77-30)78-40-25-56(69,24-37-45(40)51(67)47-46(49(37)65)48(64)36-7-6-8-39(70-2)44(36)50(47)66)55(68)60-76-27-31-9-11-32(12-10-31)59-42(63)26-57-41(62)13-15-72-17-18-73-19-20-74-35-21-33(28-80-4)58-34(22-35)29-81-5/h6-12,21-22,30,38,40,43,52-54,65,67,69H,13-20,23-29H2,1-5H3,(H,57,62)(H,59,63)(H,60,68)/t30-,38-,40-,43-,52+,53+,54-,56-/m0/s1. The fraction of sp³-hybridized carbons (Fsp3) is 0.500. The van der Waals surface area contributed by atoms with Gasteiger partial charge >= 0.3 is 0 Å². The van der Waals surface area contributed by atoms with E-state index in [1.54, 1.807) is 47.8 Å². The van der Waals surface area contributed by atoms with Crippen LogP contribution in [0.3, 0.4) is 0 Å². The monoisotopic (exact) mass is 1160 g/mol. The molecule has 3 amide bonds. The van der Waals surface area contributed by atoms with Crippen molar-refractivity contribution in [1.29, 1.82) is 0 Å². The molecule has 3 aromatic carbocycles. The number of aromatic hydroxyl groups is 2. The highest BCUT2D eigenvalue weighted by atomic mass is 32.2. The van der Waals surface area contributed by atoms with Crippen molar-refractivity contribution >= 4 is 58.5 Å². The van der Waals surface area contributed by atoms with E-state index in [1.807, 2.05) is 31.6 Å². The number of ketones is 2. The number of morpholine rings is 1. The van der Waals surface area contributed by atoms with E-state index in [9.17, 15) is 39.3 Å². The number of methoxy groups -OCH3 is 2. The molecular formula is C56H67N5O18S2. The summed E-state index contributed by atoms with van der Waals surface area (Å²) in [4.78, 5) is 80.0. The average Bonchev–Trinajstić information content (AvgIpc) is 3.89. The normalized spacial score (nSPS) is 23.8. The SMILES string of the molecule is COc1cccc2c1C(=O)c1c(O)c3c(c(O)c1C2=O)C[C@@](O)(C(=O)NOCc1ccc(NC(=O)CNC(=O)CCOCCOCCOc2cc(CSC)nc(CSC)c2)cc1)C[C@@H]3O[C@H]1C[C@H]2[C@H](O[C@@H]3[C@@H](OC)OCCN32)[C@H](C)O1. The van der Waals surface area contributed by atoms with Gasteiger partial charge in [-0.3, -0.25) is 38.7 Å². The molecule has 4 aromatic rings. The van der Waals surface area contributed by atoms with Gasteiger partial charge in [0.05, 0.1) is 93.6 Å². The number of aliphatic hydroxyl groups is 1. The fourth-order valence-corrected chi connectivity index (χ4v) is 11.7. The number of hydrogen-bond donors (Lipinski definition) is 6. The van der Waals surface area contributed by atoms with Crippen molar-refractivity contribution < 1.29 is 86.8 Å². The zero-order valence-electron chi connectivity index (χ0n) is 45.5. The van der Waals surface area contributed by atoms with Crippen LogP contribution in [0, 0.1) is 0 Å². The Kier molecular flexibility index (Phi) is 19.9. The number of carbonyl (C=O) groups is 5. The van der Waals surface area contributed by atoms with Gasteiger partial charge in [0.15, 0.2) is 30.2 Å². The molecule has 8 atom stereocenters. The molecule has 9 rings (SSSR count). The van der Waals surface area contributed by atoms with E-state index in [4.69, 9.17) is 47.5 Å². The minimum Gasteiger partial charge on any atom is -0.507 e. The van der Waals surface area contributed by atoms with Gasteiger partial charge in [-0.25, -0.2) is 5.48 Å². The third-order valence-corrected chi connectivity index (χ3v) is 15.7. The lowest BCUT2D eigenvalue weighted by Crippen LogP contribution is -2.55. The van der Waals surface area contributed by atoms with Crippen LogP contribution in [0.25, 0.3) is 0 Å². The number of rotatable bonds is 25. The number of pyridine rings is 1. The van der Waals surface area contributed by atoms with Gasteiger partial charge in [-0.05, 0) is 43.2 Å². The van der Waals surface area contributed by atoms with Gasteiger partial charge in [0.2, 0.25) is 17.6 Å². The van der Waals surface area contributed by atoms with Crippen LogP contribution in [-0.4, -0.2) is 177 Å². The highest BCUT2D eigenvalue weighted by Gasteiger charge is 2.55. The number of thioether (sulfide) groups is 2. The van der Waals surface area contributed by atoms with Crippen molar-refractivity contribution in [3.8, 4) is 23.0 Å². The lowest BCUT2D eigenvalue weighted by Gasteiger charge is -2.43. The number of hydrogen-bond acceptors (Lipinski definition) is 22. The number of carbonyl (C=O) groups excluding carboxylic acids is 5. The maximum atomic E-state index is 14.3. The van der Waals surface area contributed by atoms with Gasteiger partial charge in [0, 0.05) is 91.4 Å². The van der Waals surface area contributed by atoms with Gasteiger partial charge in [0.1, 0.15) is 35.7 Å². The third-order valence-electron chi connectivity index (χ3n) is 14.5. The predicted molar refractivity (Wildman–Crippen MR) is 293 cm³/mol. The molecule has 25 heteroatoms. The van der Waals surface area contributed by atoms with E-state index in [2.05, 4.69) is 26.0 Å². The van der Waals surface area contributed by atoms with Gasteiger partial charge in [-0.2, -0.15) is 23.5 Å². The molecule has 0 unspecified atom stereocenters. The molecule has 3 fully saturated rings. The summed E-state index contributed by atoms with van der Waals surface area (Å²) in [6, 6.07) is 14.5. The first-order valence-electron chi connectivity index (χ1n) is 26.4. The van der Waals surface area contributed by atoms with Crippen molar-refractivity contribution in [2.45, 2.75) is 99.5 Å². The van der Waals surface area contributed by atoms with Crippen LogP contribution in [0.1, 0.15) is 92.2 Å². The fourth-order valence-electron chi connectivity index (χ4n) is 10.8. The quantitative estimate of drug-likeness (QED) is 0.0273. The molecular weight excluding hydrogens is 1090 g/mol. The van der Waals surface area contributed by atoms with Gasteiger partial charge in [-0.1, -0.05) is 24.3 Å². The Labute approximate surface area is 476 Å². The number of fused-ring (bicyclic) bond motifs is 6. The first-order valence-corrected chi connectivity index (χ1v) is 29.2. The summed E-state index contributed by atoms with van der Waals surface area (Å²) < 4.78 is 53.0. The molecule has 0 bridgehead atoms. The van der Waals surface area contributed by atoms with E-state index in [0.29, 0.717) is 44.2 Å². The van der Waals surface area contributed by atoms with Crippen LogP contribution in [-0.2, 0) is 76.9 Å². The van der Waals surface area contributed by atoms with Crippen molar-refractivity contribution in [2.75, 3.05) is 84.8 Å². The summed E-state index contributed by atoms with van der Waals surface area (Å²) >= 11 is 3.40. The number of nitrogens with zero attached hydrogens (tertiary/aromatic N) is 2.